The molecular formula is C15H19N7O2. The molecule has 1 saturated heterocycles. The zero-order chi connectivity index (χ0) is 16.7. The molecular weight excluding hydrogens is 310 g/mol. The Bertz CT molecular complexity index is 811. The number of imidazole rings is 1. The van der Waals surface area contributed by atoms with Crippen LogP contribution in [0.4, 0.5) is 5.82 Å². The average Bonchev–Trinajstić information content (AvgIpc) is 2.92. The molecule has 1 atom stereocenters. The van der Waals surface area contributed by atoms with Crippen LogP contribution < -0.4 is 16.4 Å². The Morgan fingerprint density at radius 3 is 3.00 bits per heavy atom. The van der Waals surface area contributed by atoms with E-state index >= 15 is 0 Å². The maximum Gasteiger partial charge on any atom is 0.240 e. The standard InChI is InChI=1S/C15H19N7O2/c16-13-12-14(19-7-18-13)22(8-20-12)6-11(24)21-9-5-17-10(23)4-15(9)2-1-3-15/h7-9H,1-6H2,(H,17,23)(H,21,24)(H2,16,18,19). The van der Waals surface area contributed by atoms with E-state index in [-0.39, 0.29) is 29.8 Å². The number of fused-ring (bicyclic) bond motifs is 1. The third kappa shape index (κ3) is 2.36. The lowest BCUT2D eigenvalue weighted by atomic mass is 9.60. The zero-order valence-corrected chi connectivity index (χ0v) is 13.2. The first-order chi connectivity index (χ1) is 11.6. The minimum atomic E-state index is -0.126. The minimum Gasteiger partial charge on any atom is -0.382 e. The van der Waals surface area contributed by atoms with E-state index in [0.717, 1.165) is 19.3 Å². The quantitative estimate of drug-likeness (QED) is 0.702. The van der Waals surface area contributed by atoms with Gasteiger partial charge in [0, 0.05) is 18.4 Å². The Balaban J connectivity index is 1.48. The average molecular weight is 329 g/mol. The van der Waals surface area contributed by atoms with Crippen molar-refractivity contribution in [2.24, 2.45) is 5.41 Å². The van der Waals surface area contributed by atoms with Crippen molar-refractivity contribution >= 4 is 28.8 Å². The molecule has 24 heavy (non-hydrogen) atoms. The van der Waals surface area contributed by atoms with Crippen molar-refractivity contribution in [1.82, 2.24) is 30.2 Å². The summed E-state index contributed by atoms with van der Waals surface area (Å²) in [5.41, 5.74) is 6.71. The van der Waals surface area contributed by atoms with E-state index < -0.39 is 0 Å². The van der Waals surface area contributed by atoms with Crippen molar-refractivity contribution in [2.45, 2.75) is 38.3 Å². The molecule has 0 radical (unpaired) electrons. The second kappa shape index (κ2) is 5.43. The number of hydrogen-bond donors (Lipinski definition) is 3. The molecule has 1 aliphatic carbocycles. The minimum absolute atomic E-state index is 0.0223. The van der Waals surface area contributed by atoms with E-state index in [0.29, 0.717) is 29.9 Å². The molecule has 2 aliphatic rings. The number of piperidine rings is 1. The number of aromatic nitrogens is 4. The topological polar surface area (TPSA) is 128 Å². The number of carbonyl (C=O) groups excluding carboxylic acids is 2. The number of nitrogens with zero attached hydrogens (tertiary/aromatic N) is 4. The van der Waals surface area contributed by atoms with Gasteiger partial charge < -0.3 is 20.9 Å². The van der Waals surface area contributed by atoms with Gasteiger partial charge in [-0.3, -0.25) is 9.59 Å². The number of anilines is 1. The van der Waals surface area contributed by atoms with Gasteiger partial charge in [-0.25, -0.2) is 15.0 Å². The molecule has 9 heteroatoms. The fourth-order valence-electron chi connectivity index (χ4n) is 3.71. The van der Waals surface area contributed by atoms with Crippen molar-refractivity contribution in [3.05, 3.63) is 12.7 Å². The van der Waals surface area contributed by atoms with Crippen molar-refractivity contribution in [3.63, 3.8) is 0 Å². The van der Waals surface area contributed by atoms with Gasteiger partial charge in [0.2, 0.25) is 11.8 Å². The van der Waals surface area contributed by atoms with Crippen LogP contribution >= 0.6 is 0 Å². The highest BCUT2D eigenvalue weighted by Crippen LogP contribution is 2.48. The molecule has 9 nitrogen and oxygen atoms in total. The summed E-state index contributed by atoms with van der Waals surface area (Å²) in [7, 11) is 0. The van der Waals surface area contributed by atoms with Gasteiger partial charge >= 0.3 is 0 Å². The molecule has 0 bridgehead atoms. The van der Waals surface area contributed by atoms with E-state index in [1.54, 1.807) is 4.57 Å². The van der Waals surface area contributed by atoms with Crippen LogP contribution in [0.2, 0.25) is 0 Å². The highest BCUT2D eigenvalue weighted by Gasteiger charge is 2.48. The van der Waals surface area contributed by atoms with Crippen LogP contribution in [0.15, 0.2) is 12.7 Å². The number of nitrogens with one attached hydrogen (secondary N) is 2. The molecule has 3 heterocycles. The summed E-state index contributed by atoms with van der Waals surface area (Å²) in [5.74, 6) is 0.245. The predicted molar refractivity (Wildman–Crippen MR) is 85.6 cm³/mol. The van der Waals surface area contributed by atoms with Crippen LogP contribution in [0.25, 0.3) is 11.2 Å². The maximum atomic E-state index is 12.5. The highest BCUT2D eigenvalue weighted by atomic mass is 16.2. The van der Waals surface area contributed by atoms with Gasteiger partial charge in [0.15, 0.2) is 11.5 Å². The van der Waals surface area contributed by atoms with Crippen molar-refractivity contribution < 1.29 is 9.59 Å². The molecule has 1 spiro atoms. The molecule has 2 aromatic rings. The van der Waals surface area contributed by atoms with Crippen LogP contribution in [0.5, 0.6) is 0 Å². The summed E-state index contributed by atoms with van der Waals surface area (Å²) in [5, 5.41) is 5.92. The van der Waals surface area contributed by atoms with Gasteiger partial charge in [0.25, 0.3) is 0 Å². The van der Waals surface area contributed by atoms with E-state index in [1.807, 2.05) is 0 Å². The third-order valence-corrected chi connectivity index (χ3v) is 5.18. The van der Waals surface area contributed by atoms with Crippen molar-refractivity contribution in [3.8, 4) is 0 Å². The Morgan fingerprint density at radius 2 is 2.25 bits per heavy atom. The Morgan fingerprint density at radius 1 is 1.42 bits per heavy atom. The Hall–Kier alpha value is -2.71. The summed E-state index contributed by atoms with van der Waals surface area (Å²) in [6.45, 7) is 0.595. The number of rotatable bonds is 3. The Kier molecular flexibility index (Phi) is 3.36. The lowest BCUT2D eigenvalue weighted by molar-refractivity contribution is -0.133. The van der Waals surface area contributed by atoms with Crippen LogP contribution in [-0.2, 0) is 16.1 Å². The molecule has 4 rings (SSSR count). The van der Waals surface area contributed by atoms with Crippen LogP contribution in [0, 0.1) is 5.41 Å². The molecule has 1 saturated carbocycles. The van der Waals surface area contributed by atoms with E-state index in [4.69, 9.17) is 5.73 Å². The first-order valence-corrected chi connectivity index (χ1v) is 8.05. The van der Waals surface area contributed by atoms with Gasteiger partial charge in [-0.05, 0) is 12.8 Å². The molecule has 1 aliphatic heterocycles. The first kappa shape index (κ1) is 14.9. The molecule has 2 aromatic heterocycles. The normalized spacial score (nSPS) is 22.2. The number of amides is 2. The van der Waals surface area contributed by atoms with Gasteiger partial charge in [0.05, 0.1) is 12.4 Å². The number of carbonyl (C=O) groups is 2. The summed E-state index contributed by atoms with van der Waals surface area (Å²) in [4.78, 5) is 36.3. The number of nitrogen functional groups attached to an aromatic ring is 1. The fourth-order valence-corrected chi connectivity index (χ4v) is 3.71. The van der Waals surface area contributed by atoms with Crippen LogP contribution in [-0.4, -0.2) is 43.9 Å². The van der Waals surface area contributed by atoms with Gasteiger partial charge in [-0.1, -0.05) is 6.42 Å². The first-order valence-electron chi connectivity index (χ1n) is 8.05. The van der Waals surface area contributed by atoms with E-state index in [1.165, 1.54) is 12.7 Å². The number of hydrogen-bond acceptors (Lipinski definition) is 6. The van der Waals surface area contributed by atoms with E-state index in [9.17, 15) is 9.59 Å². The predicted octanol–water partition coefficient (Wildman–Crippen LogP) is -0.416. The lowest BCUT2D eigenvalue weighted by Gasteiger charge is -2.50. The molecule has 4 N–H and O–H groups in total. The summed E-state index contributed by atoms with van der Waals surface area (Å²) in [6, 6.07) is -0.0223. The smallest absolute Gasteiger partial charge is 0.240 e. The van der Waals surface area contributed by atoms with E-state index in [2.05, 4.69) is 25.6 Å². The summed E-state index contributed by atoms with van der Waals surface area (Å²) >= 11 is 0. The maximum absolute atomic E-state index is 12.5. The fraction of sp³-hybridized carbons (Fsp3) is 0.533. The molecule has 2 amide bonds. The third-order valence-electron chi connectivity index (χ3n) is 5.18. The molecule has 126 valence electrons. The second-order valence-corrected chi connectivity index (χ2v) is 6.62. The molecule has 0 aromatic carbocycles. The van der Waals surface area contributed by atoms with Gasteiger partial charge in [-0.2, -0.15) is 0 Å². The second-order valence-electron chi connectivity index (χ2n) is 6.62. The lowest BCUT2D eigenvalue weighted by Crippen LogP contribution is -2.61. The van der Waals surface area contributed by atoms with Crippen LogP contribution in [0.3, 0.4) is 0 Å². The summed E-state index contributed by atoms with van der Waals surface area (Å²) < 4.78 is 1.65. The van der Waals surface area contributed by atoms with Gasteiger partial charge in [-0.15, -0.1) is 0 Å². The molecule has 1 unspecified atom stereocenters. The van der Waals surface area contributed by atoms with Crippen LogP contribution in [0.1, 0.15) is 25.7 Å². The zero-order valence-electron chi connectivity index (χ0n) is 13.2. The Labute approximate surface area is 138 Å². The SMILES string of the molecule is Nc1ncnc2c1ncn2CC(=O)NC1CNC(=O)CC12CCC2. The largest absolute Gasteiger partial charge is 0.382 e. The molecule has 2 fully saturated rings. The highest BCUT2D eigenvalue weighted by molar-refractivity contribution is 5.84. The summed E-state index contributed by atoms with van der Waals surface area (Å²) in [6.07, 6.45) is 6.48. The van der Waals surface area contributed by atoms with Gasteiger partial charge in [0.1, 0.15) is 18.4 Å². The van der Waals surface area contributed by atoms with Crippen molar-refractivity contribution in [2.75, 3.05) is 12.3 Å². The monoisotopic (exact) mass is 329 g/mol. The van der Waals surface area contributed by atoms with Crippen molar-refractivity contribution in [1.29, 1.82) is 0 Å². The number of nitrogens with two attached hydrogens (primary N) is 1.